The van der Waals surface area contributed by atoms with E-state index in [0.29, 0.717) is 34.3 Å². The van der Waals surface area contributed by atoms with Gasteiger partial charge in [0.25, 0.3) is 0 Å². The van der Waals surface area contributed by atoms with E-state index in [1.165, 1.54) is 12.8 Å². The molecule has 0 radical (unpaired) electrons. The Hall–Kier alpha value is 0.0700. The molecule has 4 atom stereocenters. The van der Waals surface area contributed by atoms with Crippen molar-refractivity contribution < 1.29 is 8.95 Å². The summed E-state index contributed by atoms with van der Waals surface area (Å²) < 4.78 is 18.5. The molecule has 2 fully saturated rings. The Kier molecular flexibility index (Phi) is 6.27. The number of rotatable bonds is 5. The molecule has 1 aliphatic heterocycles. The Morgan fingerprint density at radius 2 is 1.86 bits per heavy atom. The molecule has 0 aromatic heterocycles. The van der Waals surface area contributed by atoms with Gasteiger partial charge in [0.1, 0.15) is 0 Å². The molecule has 0 amide bonds. The van der Waals surface area contributed by atoms with Gasteiger partial charge in [-0.1, -0.05) is 27.2 Å². The summed E-state index contributed by atoms with van der Waals surface area (Å²) in [5.74, 6) is 1.15. The van der Waals surface area contributed by atoms with Crippen LogP contribution in [0.4, 0.5) is 0 Å². The van der Waals surface area contributed by atoms with Crippen molar-refractivity contribution in [3.05, 3.63) is 0 Å². The first-order valence-corrected chi connectivity index (χ1v) is 9.94. The van der Waals surface area contributed by atoms with Crippen molar-refractivity contribution >= 4 is 10.8 Å². The lowest BCUT2D eigenvalue weighted by atomic mass is 9.67. The van der Waals surface area contributed by atoms with E-state index in [4.69, 9.17) is 10.5 Å². The number of hydrogen-bond donors (Lipinski definition) is 1. The first-order valence-electron chi connectivity index (χ1n) is 8.66. The van der Waals surface area contributed by atoms with E-state index in [9.17, 15) is 4.21 Å². The molecule has 2 rings (SSSR count). The largest absolute Gasteiger partial charge is 0.381 e. The quantitative estimate of drug-likeness (QED) is 0.848. The summed E-state index contributed by atoms with van der Waals surface area (Å²) in [6.45, 7) is 9.27. The summed E-state index contributed by atoms with van der Waals surface area (Å²) in [4.78, 5) is 0. The summed E-state index contributed by atoms with van der Waals surface area (Å²) >= 11 is 0. The van der Waals surface area contributed by atoms with Crippen molar-refractivity contribution in [3.63, 3.8) is 0 Å². The van der Waals surface area contributed by atoms with Crippen molar-refractivity contribution in [2.75, 3.05) is 19.8 Å². The molecule has 0 bridgehead atoms. The summed E-state index contributed by atoms with van der Waals surface area (Å²) in [7, 11) is -0.740. The maximum Gasteiger partial charge on any atom is 0.0477 e. The van der Waals surface area contributed by atoms with Gasteiger partial charge in [-0.25, -0.2) is 0 Å². The van der Waals surface area contributed by atoms with Crippen LogP contribution in [0.25, 0.3) is 0 Å². The summed E-state index contributed by atoms with van der Waals surface area (Å²) in [5, 5.41) is 0.643. The number of nitrogens with two attached hydrogens (primary N) is 1. The van der Waals surface area contributed by atoms with E-state index < -0.39 is 10.8 Å². The fourth-order valence-corrected chi connectivity index (χ4v) is 6.10. The van der Waals surface area contributed by atoms with Crippen molar-refractivity contribution in [2.24, 2.45) is 23.0 Å². The van der Waals surface area contributed by atoms with Crippen LogP contribution in [0.1, 0.15) is 59.3 Å². The summed E-state index contributed by atoms with van der Waals surface area (Å²) in [6.07, 6.45) is 6.63. The van der Waals surface area contributed by atoms with E-state index in [0.717, 1.165) is 38.9 Å². The van der Waals surface area contributed by atoms with Gasteiger partial charge in [0.2, 0.25) is 0 Å². The Balaban J connectivity index is 2.07. The van der Waals surface area contributed by atoms with Crippen LogP contribution in [0.5, 0.6) is 0 Å². The lowest BCUT2D eigenvalue weighted by molar-refractivity contribution is 0.0979. The molecule has 3 nitrogen and oxygen atoms in total. The van der Waals surface area contributed by atoms with Gasteiger partial charge in [-0.2, -0.15) is 0 Å². The molecule has 0 aromatic rings. The van der Waals surface area contributed by atoms with Crippen LogP contribution in [0.15, 0.2) is 0 Å². The molecule has 1 saturated heterocycles. The second kappa shape index (κ2) is 7.56. The monoisotopic (exact) mass is 315 g/mol. The molecular weight excluding hydrogens is 282 g/mol. The van der Waals surface area contributed by atoms with Crippen LogP contribution < -0.4 is 5.73 Å². The highest BCUT2D eigenvalue weighted by Crippen LogP contribution is 2.44. The lowest BCUT2D eigenvalue weighted by Gasteiger charge is -2.43. The van der Waals surface area contributed by atoms with Crippen molar-refractivity contribution in [2.45, 2.75) is 69.8 Å². The van der Waals surface area contributed by atoms with E-state index >= 15 is 0 Å². The molecule has 1 heterocycles. The minimum atomic E-state index is -0.740. The second-order valence-electron chi connectivity index (χ2n) is 7.53. The minimum absolute atomic E-state index is 0.308. The van der Waals surface area contributed by atoms with Gasteiger partial charge in [-0.3, -0.25) is 4.21 Å². The molecule has 2 aliphatic rings. The molecule has 2 N–H and O–H groups in total. The number of hydrogen-bond acceptors (Lipinski definition) is 3. The molecule has 1 aliphatic carbocycles. The predicted octanol–water partition coefficient (Wildman–Crippen LogP) is 3.09. The highest BCUT2D eigenvalue weighted by molar-refractivity contribution is 7.86. The van der Waals surface area contributed by atoms with E-state index in [2.05, 4.69) is 20.8 Å². The van der Waals surface area contributed by atoms with E-state index in [1.54, 1.807) is 0 Å². The van der Waals surface area contributed by atoms with Crippen LogP contribution in [0.2, 0.25) is 0 Å². The predicted molar refractivity (Wildman–Crippen MR) is 89.7 cm³/mol. The van der Waals surface area contributed by atoms with Crippen LogP contribution in [0, 0.1) is 17.3 Å². The molecule has 124 valence electrons. The molecule has 4 heteroatoms. The van der Waals surface area contributed by atoms with Gasteiger partial charge < -0.3 is 10.5 Å². The molecule has 1 saturated carbocycles. The maximum atomic E-state index is 13.1. The van der Waals surface area contributed by atoms with Gasteiger partial charge in [0, 0.05) is 34.5 Å². The second-order valence-corrected chi connectivity index (χ2v) is 9.46. The third kappa shape index (κ3) is 4.08. The zero-order valence-electron chi connectivity index (χ0n) is 14.0. The van der Waals surface area contributed by atoms with E-state index in [1.807, 2.05) is 0 Å². The normalized spacial score (nSPS) is 33.8. The Morgan fingerprint density at radius 3 is 2.43 bits per heavy atom. The fraction of sp³-hybridized carbons (Fsp3) is 1.00. The van der Waals surface area contributed by atoms with Crippen LogP contribution >= 0.6 is 0 Å². The third-order valence-electron chi connectivity index (χ3n) is 6.04. The van der Waals surface area contributed by atoms with Gasteiger partial charge in [0.15, 0.2) is 0 Å². The topological polar surface area (TPSA) is 52.3 Å². The molecule has 0 aromatic carbocycles. The SMILES string of the molecule is CCC(C)(C)C1CCC(CN)C(S(=O)C2CCOCC2)C1. The molecule has 4 unspecified atom stereocenters. The molecular formula is C17H33NO2S. The zero-order chi connectivity index (χ0) is 15.5. The fourth-order valence-electron chi connectivity index (χ4n) is 3.90. The Morgan fingerprint density at radius 1 is 1.19 bits per heavy atom. The van der Waals surface area contributed by atoms with Gasteiger partial charge in [0.05, 0.1) is 0 Å². The van der Waals surface area contributed by atoms with Gasteiger partial charge in [-0.15, -0.1) is 0 Å². The van der Waals surface area contributed by atoms with Crippen molar-refractivity contribution in [1.82, 2.24) is 0 Å². The van der Waals surface area contributed by atoms with Gasteiger partial charge >= 0.3 is 0 Å². The first kappa shape index (κ1) is 17.4. The summed E-state index contributed by atoms with van der Waals surface area (Å²) in [6, 6.07) is 0. The number of ether oxygens (including phenoxy) is 1. The Bertz CT molecular complexity index is 353. The van der Waals surface area contributed by atoms with E-state index in [-0.39, 0.29) is 0 Å². The average molecular weight is 316 g/mol. The third-order valence-corrected chi connectivity index (χ3v) is 8.35. The molecule has 21 heavy (non-hydrogen) atoms. The first-order chi connectivity index (χ1) is 9.99. The van der Waals surface area contributed by atoms with Crippen molar-refractivity contribution in [3.8, 4) is 0 Å². The van der Waals surface area contributed by atoms with Crippen molar-refractivity contribution in [1.29, 1.82) is 0 Å². The minimum Gasteiger partial charge on any atom is -0.381 e. The van der Waals surface area contributed by atoms with Crippen LogP contribution in [0.3, 0.4) is 0 Å². The smallest absolute Gasteiger partial charge is 0.0477 e. The van der Waals surface area contributed by atoms with Crippen LogP contribution in [-0.4, -0.2) is 34.5 Å². The van der Waals surface area contributed by atoms with Gasteiger partial charge in [-0.05, 0) is 55.9 Å². The summed E-state index contributed by atoms with van der Waals surface area (Å²) in [5.41, 5.74) is 6.35. The standard InChI is InChI=1S/C17H33NO2S/c1-4-17(2,3)14-6-5-13(12-18)16(11-14)21(19)15-7-9-20-10-8-15/h13-16H,4-12,18H2,1-3H3. The lowest BCUT2D eigenvalue weighted by Crippen LogP contribution is -2.44. The Labute approximate surface area is 132 Å². The molecule has 0 spiro atoms. The highest BCUT2D eigenvalue weighted by atomic mass is 32.2. The highest BCUT2D eigenvalue weighted by Gasteiger charge is 2.41. The maximum absolute atomic E-state index is 13.1. The van der Waals surface area contributed by atoms with Crippen LogP contribution in [-0.2, 0) is 15.5 Å². The average Bonchev–Trinajstić information content (AvgIpc) is 2.54. The zero-order valence-corrected chi connectivity index (χ0v) is 14.8.